The number of hydrogen-bond donors (Lipinski definition) is 2. The molecule has 0 radical (unpaired) electrons. The fraction of sp³-hybridized carbons (Fsp3) is 0.265. The first-order valence-electron chi connectivity index (χ1n) is 14.0. The molecule has 4 aromatic carbocycles. The molecular weight excluding hydrogens is 534 g/mol. The Kier molecular flexibility index (Phi) is 12.4. The molecule has 0 bridgehead atoms. The number of ketones is 1. The molecule has 0 heterocycles. The maximum absolute atomic E-state index is 12.4. The van der Waals surface area contributed by atoms with Gasteiger partial charge in [0.25, 0.3) is 10.0 Å². The summed E-state index contributed by atoms with van der Waals surface area (Å²) in [5, 5.41) is 10.1. The normalized spacial score (nSPS) is 10.8. The van der Waals surface area contributed by atoms with E-state index in [0.717, 1.165) is 18.4 Å². The Morgan fingerprint density at radius 2 is 1.39 bits per heavy atom. The summed E-state index contributed by atoms with van der Waals surface area (Å²) in [5.41, 5.74) is 2.46. The number of anilines is 1. The number of unbranched alkanes of at least 4 members (excludes halogenated alkanes) is 5. The second kappa shape index (κ2) is 16.2. The standard InChI is InChI=1S/C21H26O3.C13H13NO2S/c1-2-3-4-5-6-10-15-24-18-13-14-19(20(22)16-18)21(23)17-11-8-7-9-12-17;1-11-7-9-13(10-8-11)17(15,16)14-12-5-3-2-4-6-12/h7-9,11-14,16,22H,2-6,10,15H2,1H3;2-10,14H,1H3. The van der Waals surface area contributed by atoms with E-state index in [2.05, 4.69) is 11.6 Å². The highest BCUT2D eigenvalue weighted by atomic mass is 32.2. The number of rotatable bonds is 13. The van der Waals surface area contributed by atoms with Crippen molar-refractivity contribution in [1.82, 2.24) is 0 Å². The van der Waals surface area contributed by atoms with E-state index in [9.17, 15) is 18.3 Å². The van der Waals surface area contributed by atoms with Crippen LogP contribution in [0.25, 0.3) is 0 Å². The summed E-state index contributed by atoms with van der Waals surface area (Å²) >= 11 is 0. The van der Waals surface area contributed by atoms with Crippen LogP contribution >= 0.6 is 0 Å². The van der Waals surface area contributed by atoms with Gasteiger partial charge in [0, 0.05) is 17.3 Å². The van der Waals surface area contributed by atoms with Crippen molar-refractivity contribution < 1.29 is 23.1 Å². The minimum Gasteiger partial charge on any atom is -0.507 e. The van der Waals surface area contributed by atoms with Crippen LogP contribution < -0.4 is 9.46 Å². The molecule has 41 heavy (non-hydrogen) atoms. The van der Waals surface area contributed by atoms with Gasteiger partial charge in [0.05, 0.1) is 17.1 Å². The van der Waals surface area contributed by atoms with Gasteiger partial charge in [-0.05, 0) is 49.7 Å². The monoisotopic (exact) mass is 573 g/mol. The van der Waals surface area contributed by atoms with Crippen molar-refractivity contribution in [2.45, 2.75) is 57.3 Å². The van der Waals surface area contributed by atoms with Gasteiger partial charge in [-0.2, -0.15) is 0 Å². The van der Waals surface area contributed by atoms with Crippen LogP contribution in [0.15, 0.2) is 108 Å². The molecule has 0 aliphatic heterocycles. The van der Waals surface area contributed by atoms with E-state index < -0.39 is 10.0 Å². The SMILES string of the molecule is CCCCCCCCOc1ccc(C(=O)c2ccccc2)c(O)c1.Cc1ccc(S(=O)(=O)Nc2ccccc2)cc1. The molecule has 7 heteroatoms. The number of para-hydroxylation sites is 1. The Morgan fingerprint density at radius 1 is 0.780 bits per heavy atom. The summed E-state index contributed by atoms with van der Waals surface area (Å²) in [4.78, 5) is 12.6. The number of aromatic hydroxyl groups is 1. The Morgan fingerprint density at radius 3 is 2.02 bits per heavy atom. The third kappa shape index (κ3) is 10.4. The smallest absolute Gasteiger partial charge is 0.261 e. The lowest BCUT2D eigenvalue weighted by molar-refractivity contribution is 0.103. The molecule has 6 nitrogen and oxygen atoms in total. The van der Waals surface area contributed by atoms with E-state index >= 15 is 0 Å². The predicted octanol–water partition coefficient (Wildman–Crippen LogP) is 8.16. The molecule has 0 aliphatic rings. The minimum absolute atomic E-state index is 0.0377. The summed E-state index contributed by atoms with van der Waals surface area (Å²) in [6, 6.07) is 29.4. The van der Waals surface area contributed by atoms with Crippen molar-refractivity contribution in [1.29, 1.82) is 0 Å². The molecule has 4 rings (SSSR count). The van der Waals surface area contributed by atoms with Crippen LogP contribution in [0.2, 0.25) is 0 Å². The largest absolute Gasteiger partial charge is 0.507 e. The molecule has 0 saturated heterocycles. The van der Waals surface area contributed by atoms with Crippen molar-refractivity contribution >= 4 is 21.5 Å². The lowest BCUT2D eigenvalue weighted by atomic mass is 10.0. The maximum atomic E-state index is 12.4. The number of ether oxygens (including phenoxy) is 1. The average Bonchev–Trinajstić information content (AvgIpc) is 2.98. The number of phenols is 1. The van der Waals surface area contributed by atoms with Crippen molar-refractivity contribution in [3.05, 3.63) is 120 Å². The lowest BCUT2D eigenvalue weighted by Gasteiger charge is -2.09. The van der Waals surface area contributed by atoms with Gasteiger partial charge in [-0.1, -0.05) is 105 Å². The Balaban J connectivity index is 0.000000239. The predicted molar refractivity (Wildman–Crippen MR) is 165 cm³/mol. The van der Waals surface area contributed by atoms with Crippen LogP contribution in [0, 0.1) is 6.92 Å². The number of nitrogens with one attached hydrogen (secondary N) is 1. The van der Waals surface area contributed by atoms with E-state index in [4.69, 9.17) is 4.74 Å². The van der Waals surface area contributed by atoms with Crippen molar-refractivity contribution in [2.24, 2.45) is 0 Å². The summed E-state index contributed by atoms with van der Waals surface area (Å²) in [6.45, 7) is 4.76. The van der Waals surface area contributed by atoms with Gasteiger partial charge in [0.15, 0.2) is 5.78 Å². The summed E-state index contributed by atoms with van der Waals surface area (Å²) in [7, 11) is -3.48. The zero-order valence-electron chi connectivity index (χ0n) is 23.8. The van der Waals surface area contributed by atoms with E-state index in [1.165, 1.54) is 31.7 Å². The highest BCUT2D eigenvalue weighted by molar-refractivity contribution is 7.92. The second-order valence-corrected chi connectivity index (χ2v) is 11.5. The topological polar surface area (TPSA) is 92.7 Å². The highest BCUT2D eigenvalue weighted by Gasteiger charge is 2.14. The first-order valence-corrected chi connectivity index (χ1v) is 15.5. The number of sulfonamides is 1. The molecule has 0 saturated carbocycles. The van der Waals surface area contributed by atoms with Gasteiger partial charge in [-0.3, -0.25) is 9.52 Å². The van der Waals surface area contributed by atoms with Crippen LogP contribution in [-0.2, 0) is 10.0 Å². The average molecular weight is 574 g/mol. The number of phenolic OH excluding ortho intramolecular Hbond substituents is 1. The Hall–Kier alpha value is -4.10. The van der Waals surface area contributed by atoms with Crippen LogP contribution in [-0.4, -0.2) is 25.9 Å². The Labute approximate surface area is 244 Å². The van der Waals surface area contributed by atoms with E-state index in [1.807, 2.05) is 31.2 Å². The summed E-state index contributed by atoms with van der Waals surface area (Å²) in [6.07, 6.45) is 7.25. The molecule has 0 unspecified atom stereocenters. The fourth-order valence-electron chi connectivity index (χ4n) is 4.05. The van der Waals surface area contributed by atoms with Crippen molar-refractivity contribution in [3.63, 3.8) is 0 Å². The summed E-state index contributed by atoms with van der Waals surface area (Å²) in [5.74, 6) is 0.380. The van der Waals surface area contributed by atoms with E-state index in [1.54, 1.807) is 72.8 Å². The van der Waals surface area contributed by atoms with Gasteiger partial charge in [0.1, 0.15) is 11.5 Å². The van der Waals surface area contributed by atoms with Gasteiger partial charge >= 0.3 is 0 Å². The van der Waals surface area contributed by atoms with Crippen LogP contribution in [0.1, 0.15) is 66.9 Å². The molecule has 0 aliphatic carbocycles. The third-order valence-corrected chi connectivity index (χ3v) is 7.77. The number of carbonyl (C=O) groups is 1. The number of carbonyl (C=O) groups excluding carboxylic acids is 1. The van der Waals surface area contributed by atoms with E-state index in [-0.39, 0.29) is 16.4 Å². The van der Waals surface area contributed by atoms with Gasteiger partial charge in [0.2, 0.25) is 0 Å². The van der Waals surface area contributed by atoms with Crippen LogP contribution in [0.5, 0.6) is 11.5 Å². The fourth-order valence-corrected chi connectivity index (χ4v) is 5.11. The second-order valence-electron chi connectivity index (χ2n) is 9.77. The first kappa shape index (κ1) is 31.4. The highest BCUT2D eigenvalue weighted by Crippen LogP contribution is 2.26. The molecular formula is C34H39NO5S. The Bertz CT molecular complexity index is 1450. The quantitative estimate of drug-likeness (QED) is 0.124. The molecule has 216 valence electrons. The third-order valence-electron chi connectivity index (χ3n) is 6.37. The van der Waals surface area contributed by atoms with Gasteiger partial charge in [-0.25, -0.2) is 8.42 Å². The van der Waals surface area contributed by atoms with E-state index in [0.29, 0.717) is 29.2 Å². The van der Waals surface area contributed by atoms with Crippen LogP contribution in [0.3, 0.4) is 0 Å². The van der Waals surface area contributed by atoms with Crippen molar-refractivity contribution in [3.8, 4) is 11.5 Å². The van der Waals surface area contributed by atoms with Crippen molar-refractivity contribution in [2.75, 3.05) is 11.3 Å². The zero-order valence-corrected chi connectivity index (χ0v) is 24.6. The summed E-state index contributed by atoms with van der Waals surface area (Å²) < 4.78 is 32.2. The first-order chi connectivity index (χ1) is 19.8. The minimum atomic E-state index is -3.48. The molecule has 0 spiro atoms. The van der Waals surface area contributed by atoms with Gasteiger partial charge < -0.3 is 9.84 Å². The molecule has 4 aromatic rings. The lowest BCUT2D eigenvalue weighted by Crippen LogP contribution is -2.12. The maximum Gasteiger partial charge on any atom is 0.261 e. The molecule has 2 N–H and O–H groups in total. The van der Waals surface area contributed by atoms with Crippen LogP contribution in [0.4, 0.5) is 5.69 Å². The number of benzene rings is 4. The number of aryl methyl sites for hydroxylation is 1. The number of hydrogen-bond acceptors (Lipinski definition) is 5. The molecule has 0 fully saturated rings. The molecule has 0 amide bonds. The molecule has 0 aromatic heterocycles. The molecule has 0 atom stereocenters. The van der Waals surface area contributed by atoms with Gasteiger partial charge in [-0.15, -0.1) is 0 Å². The zero-order chi connectivity index (χ0) is 29.5.